The molecule has 164 valence electrons. The van der Waals surface area contributed by atoms with E-state index in [-0.39, 0.29) is 24.5 Å². The van der Waals surface area contributed by atoms with Crippen LogP contribution in [0.5, 0.6) is 5.75 Å². The second-order valence-corrected chi connectivity index (χ2v) is 6.36. The van der Waals surface area contributed by atoms with Crippen molar-refractivity contribution in [1.82, 2.24) is 0 Å². The maximum absolute atomic E-state index is 11.9. The summed E-state index contributed by atoms with van der Waals surface area (Å²) >= 11 is 0. The van der Waals surface area contributed by atoms with E-state index >= 15 is 0 Å². The fourth-order valence-electron chi connectivity index (χ4n) is 2.82. The minimum Gasteiger partial charge on any atom is -0.463 e. The van der Waals surface area contributed by atoms with Crippen LogP contribution in [-0.4, -0.2) is 61.7 Å². The summed E-state index contributed by atoms with van der Waals surface area (Å²) in [5.74, 6) is -2.15. The molecule has 0 radical (unpaired) electrons. The molecule has 1 aromatic carbocycles. The van der Waals surface area contributed by atoms with E-state index in [9.17, 15) is 19.2 Å². The van der Waals surface area contributed by atoms with E-state index in [1.165, 1.54) is 26.8 Å². The molecule has 10 nitrogen and oxygen atoms in total. The number of rotatable bonds is 8. The molecule has 30 heavy (non-hydrogen) atoms. The van der Waals surface area contributed by atoms with Gasteiger partial charge in [0.05, 0.1) is 12.2 Å². The quantitative estimate of drug-likeness (QED) is 0.447. The molecule has 0 bridgehead atoms. The molecule has 2 rings (SSSR count). The zero-order chi connectivity index (χ0) is 22.3. The third-order valence-corrected chi connectivity index (χ3v) is 3.92. The van der Waals surface area contributed by atoms with Crippen LogP contribution < -0.4 is 4.74 Å². The third-order valence-electron chi connectivity index (χ3n) is 3.92. The minimum absolute atomic E-state index is 0.214. The molecule has 0 aliphatic carbocycles. The number of hydrogen-bond acceptors (Lipinski definition) is 10. The third kappa shape index (κ3) is 6.45. The van der Waals surface area contributed by atoms with Crippen LogP contribution in [0.15, 0.2) is 24.3 Å². The molecule has 0 spiro atoms. The number of benzene rings is 1. The van der Waals surface area contributed by atoms with Gasteiger partial charge in [0, 0.05) is 20.8 Å². The molecule has 4 atom stereocenters. The number of hydrogen-bond donors (Lipinski definition) is 0. The Bertz CT molecular complexity index is 790. The largest absolute Gasteiger partial charge is 0.463 e. The summed E-state index contributed by atoms with van der Waals surface area (Å²) < 4.78 is 31.9. The van der Waals surface area contributed by atoms with Gasteiger partial charge in [-0.2, -0.15) is 0 Å². The van der Waals surface area contributed by atoms with Crippen LogP contribution in [0, 0.1) is 0 Å². The molecule has 1 aliphatic rings. The van der Waals surface area contributed by atoms with Gasteiger partial charge in [0.15, 0.2) is 6.10 Å². The van der Waals surface area contributed by atoms with E-state index < -0.39 is 48.5 Å². The highest BCUT2D eigenvalue weighted by Gasteiger charge is 2.51. The van der Waals surface area contributed by atoms with Crippen molar-refractivity contribution >= 4 is 23.9 Å². The Balaban J connectivity index is 2.25. The second kappa shape index (κ2) is 10.6. The second-order valence-electron chi connectivity index (χ2n) is 6.36. The van der Waals surface area contributed by atoms with E-state index in [0.717, 1.165) is 0 Å². The molecule has 0 saturated carbocycles. The first kappa shape index (κ1) is 23.1. The Kier molecular flexibility index (Phi) is 8.16. The van der Waals surface area contributed by atoms with Crippen molar-refractivity contribution in [3.63, 3.8) is 0 Å². The van der Waals surface area contributed by atoms with Crippen LogP contribution in [0.25, 0.3) is 0 Å². The standard InChI is InChI=1S/C20H24O10/c1-5-25-19(24)14-7-6-8-15(9-14)29-20-18(28-13(4)23)17(27-12(3)22)16(30-20)10-26-11(2)21/h6-9,16-18,20H,5,10H2,1-4H3/t16-,17+,18+,20-/m1/s1. The van der Waals surface area contributed by atoms with Crippen molar-refractivity contribution in [1.29, 1.82) is 0 Å². The van der Waals surface area contributed by atoms with Gasteiger partial charge in [-0.15, -0.1) is 0 Å². The Hall–Kier alpha value is -3.14. The molecular formula is C20H24O10. The summed E-state index contributed by atoms with van der Waals surface area (Å²) in [5.41, 5.74) is 0.254. The summed E-state index contributed by atoms with van der Waals surface area (Å²) in [6, 6.07) is 6.13. The molecule has 0 aromatic heterocycles. The highest BCUT2D eigenvalue weighted by atomic mass is 16.7. The lowest BCUT2D eigenvalue weighted by molar-refractivity contribution is -0.170. The van der Waals surface area contributed by atoms with Gasteiger partial charge in [-0.05, 0) is 25.1 Å². The zero-order valence-electron chi connectivity index (χ0n) is 17.1. The van der Waals surface area contributed by atoms with Crippen molar-refractivity contribution in [2.45, 2.75) is 52.3 Å². The summed E-state index contributed by atoms with van der Waals surface area (Å²) in [6.07, 6.45) is -4.31. The number of carbonyl (C=O) groups is 4. The van der Waals surface area contributed by atoms with Crippen molar-refractivity contribution in [3.8, 4) is 5.75 Å². The number of carbonyl (C=O) groups excluding carboxylic acids is 4. The number of esters is 4. The van der Waals surface area contributed by atoms with Gasteiger partial charge in [-0.3, -0.25) is 14.4 Å². The van der Waals surface area contributed by atoms with E-state index in [4.69, 9.17) is 28.4 Å². The van der Waals surface area contributed by atoms with E-state index in [0.29, 0.717) is 0 Å². The van der Waals surface area contributed by atoms with Gasteiger partial charge in [0.2, 0.25) is 12.4 Å². The minimum atomic E-state index is -1.18. The predicted molar refractivity (Wildman–Crippen MR) is 99.4 cm³/mol. The van der Waals surface area contributed by atoms with E-state index in [1.807, 2.05) is 0 Å². The van der Waals surface area contributed by atoms with E-state index in [2.05, 4.69) is 0 Å². The van der Waals surface area contributed by atoms with Crippen LogP contribution in [0.4, 0.5) is 0 Å². The highest BCUT2D eigenvalue weighted by Crippen LogP contribution is 2.30. The summed E-state index contributed by atoms with van der Waals surface area (Å²) in [7, 11) is 0. The van der Waals surface area contributed by atoms with Crippen LogP contribution in [0.2, 0.25) is 0 Å². The molecule has 1 saturated heterocycles. The van der Waals surface area contributed by atoms with Gasteiger partial charge in [-0.1, -0.05) is 6.07 Å². The smallest absolute Gasteiger partial charge is 0.338 e. The lowest BCUT2D eigenvalue weighted by atomic mass is 10.1. The fraction of sp³-hybridized carbons (Fsp3) is 0.500. The van der Waals surface area contributed by atoms with Crippen molar-refractivity contribution < 1.29 is 47.6 Å². The van der Waals surface area contributed by atoms with Crippen molar-refractivity contribution in [2.75, 3.05) is 13.2 Å². The van der Waals surface area contributed by atoms with Crippen LogP contribution in [0.3, 0.4) is 0 Å². The average molecular weight is 424 g/mol. The van der Waals surface area contributed by atoms with Crippen LogP contribution >= 0.6 is 0 Å². The first-order chi connectivity index (χ1) is 14.2. The first-order valence-electron chi connectivity index (χ1n) is 9.28. The van der Waals surface area contributed by atoms with E-state index in [1.54, 1.807) is 25.1 Å². The average Bonchev–Trinajstić information content (AvgIpc) is 2.96. The fourth-order valence-corrected chi connectivity index (χ4v) is 2.82. The van der Waals surface area contributed by atoms with Crippen LogP contribution in [-0.2, 0) is 38.1 Å². The molecule has 0 amide bonds. The van der Waals surface area contributed by atoms with Crippen molar-refractivity contribution in [3.05, 3.63) is 29.8 Å². The van der Waals surface area contributed by atoms with Gasteiger partial charge in [0.1, 0.15) is 18.5 Å². The van der Waals surface area contributed by atoms with Crippen LogP contribution in [0.1, 0.15) is 38.1 Å². The van der Waals surface area contributed by atoms with Gasteiger partial charge >= 0.3 is 23.9 Å². The predicted octanol–water partition coefficient (Wildman–Crippen LogP) is 1.39. The summed E-state index contributed by atoms with van der Waals surface area (Å²) in [4.78, 5) is 46.2. The molecule has 1 aromatic rings. The molecule has 1 heterocycles. The molecule has 0 N–H and O–H groups in total. The monoisotopic (exact) mass is 424 g/mol. The van der Waals surface area contributed by atoms with Gasteiger partial charge < -0.3 is 28.4 Å². The maximum Gasteiger partial charge on any atom is 0.338 e. The normalized spacial score (nSPS) is 22.7. The summed E-state index contributed by atoms with van der Waals surface area (Å²) in [6.45, 7) is 5.24. The topological polar surface area (TPSA) is 124 Å². The first-order valence-corrected chi connectivity index (χ1v) is 9.28. The lowest BCUT2D eigenvalue weighted by Crippen LogP contribution is -2.42. The zero-order valence-corrected chi connectivity index (χ0v) is 17.1. The Labute approximate surface area is 173 Å². The molecule has 10 heteroatoms. The lowest BCUT2D eigenvalue weighted by Gasteiger charge is -2.23. The molecule has 1 fully saturated rings. The van der Waals surface area contributed by atoms with Crippen molar-refractivity contribution in [2.24, 2.45) is 0 Å². The molecular weight excluding hydrogens is 400 g/mol. The number of ether oxygens (including phenoxy) is 6. The highest BCUT2D eigenvalue weighted by molar-refractivity contribution is 5.89. The molecule has 1 aliphatic heterocycles. The van der Waals surface area contributed by atoms with Gasteiger partial charge in [-0.25, -0.2) is 4.79 Å². The summed E-state index contributed by atoms with van der Waals surface area (Å²) in [5, 5.41) is 0. The van der Waals surface area contributed by atoms with Gasteiger partial charge in [0.25, 0.3) is 0 Å². The maximum atomic E-state index is 11.9. The Morgan fingerprint density at radius 2 is 1.60 bits per heavy atom. The molecule has 0 unspecified atom stereocenters. The Morgan fingerprint density at radius 1 is 0.933 bits per heavy atom. The SMILES string of the molecule is CCOC(=O)c1cccc(O[C@@H]2O[C@H](COC(C)=O)[C@H](OC(C)=O)[C@@H]2OC(C)=O)c1. The Morgan fingerprint density at radius 3 is 2.20 bits per heavy atom.